The zero-order chi connectivity index (χ0) is 16.8. The number of methoxy groups -OCH3 is 1. The monoisotopic (exact) mass is 339 g/mol. The van der Waals surface area contributed by atoms with E-state index in [4.69, 9.17) is 0 Å². The van der Waals surface area contributed by atoms with Gasteiger partial charge in [-0.15, -0.1) is 0 Å². The lowest BCUT2D eigenvalue weighted by Gasteiger charge is -2.30. The molecule has 0 saturated carbocycles. The maximum atomic E-state index is 12.2. The highest BCUT2D eigenvalue weighted by atomic mass is 32.2. The molecular formula is C15H21N3O4S. The minimum Gasteiger partial charge on any atom is -0.469 e. The van der Waals surface area contributed by atoms with Gasteiger partial charge >= 0.3 is 5.97 Å². The number of thioether (sulfide) groups is 1. The summed E-state index contributed by atoms with van der Waals surface area (Å²) in [6.07, 6.45) is 2.12. The van der Waals surface area contributed by atoms with E-state index in [1.807, 2.05) is 4.90 Å². The van der Waals surface area contributed by atoms with Crippen LogP contribution in [0.3, 0.4) is 0 Å². The lowest BCUT2D eigenvalue weighted by Crippen LogP contribution is -2.40. The summed E-state index contributed by atoms with van der Waals surface area (Å²) in [7, 11) is 1.28. The quantitative estimate of drug-likeness (QED) is 0.485. The van der Waals surface area contributed by atoms with E-state index in [2.05, 4.69) is 21.6 Å². The minimum atomic E-state index is -0.461. The Labute approximate surface area is 138 Å². The molecule has 8 heteroatoms. The highest BCUT2D eigenvalue weighted by Crippen LogP contribution is 2.18. The number of H-pyrrole nitrogens is 1. The van der Waals surface area contributed by atoms with E-state index in [9.17, 15) is 14.4 Å². The molecule has 0 aromatic carbocycles. The Hall–Kier alpha value is -1.83. The van der Waals surface area contributed by atoms with E-state index in [1.165, 1.54) is 24.9 Å². The van der Waals surface area contributed by atoms with Crippen LogP contribution in [0.5, 0.6) is 0 Å². The first-order valence-electron chi connectivity index (χ1n) is 7.55. The van der Waals surface area contributed by atoms with Gasteiger partial charge in [0.1, 0.15) is 0 Å². The molecule has 2 rings (SSSR count). The van der Waals surface area contributed by atoms with E-state index in [-0.39, 0.29) is 23.6 Å². The summed E-state index contributed by atoms with van der Waals surface area (Å²) in [5, 5.41) is 0.342. The summed E-state index contributed by atoms with van der Waals surface area (Å²) in [5.41, 5.74) is -0.0115. The van der Waals surface area contributed by atoms with Crippen molar-refractivity contribution in [2.24, 2.45) is 5.92 Å². The molecule has 1 fully saturated rings. The maximum absolute atomic E-state index is 12.2. The van der Waals surface area contributed by atoms with Crippen molar-refractivity contribution in [1.29, 1.82) is 0 Å². The molecule has 0 unspecified atom stereocenters. The summed E-state index contributed by atoms with van der Waals surface area (Å²) in [6, 6.07) is 1.26. The standard InChI is InChI=1S/C15H21N3O4S/c1-10-4-3-5-18(8-10)13(20)9-23-15-16-11(6-12(19)17-15)7-14(21)22-2/h6,10H,3-5,7-9H2,1-2H3,(H,16,17,19)/t10-/m0/s1. The normalized spacial score (nSPS) is 17.8. The zero-order valence-electron chi connectivity index (χ0n) is 13.3. The molecule has 1 aromatic heterocycles. The molecule has 1 aromatic rings. The van der Waals surface area contributed by atoms with Gasteiger partial charge in [0.05, 0.1) is 25.0 Å². The molecule has 23 heavy (non-hydrogen) atoms. The SMILES string of the molecule is COC(=O)Cc1cc(=O)[nH]c(SCC(=O)N2CCC[C@H](C)C2)n1. The highest BCUT2D eigenvalue weighted by Gasteiger charge is 2.21. The molecule has 126 valence electrons. The van der Waals surface area contributed by atoms with Gasteiger partial charge in [-0.05, 0) is 18.8 Å². The number of nitrogens with one attached hydrogen (secondary N) is 1. The maximum Gasteiger partial charge on any atom is 0.311 e. The van der Waals surface area contributed by atoms with Crippen molar-refractivity contribution >= 4 is 23.6 Å². The number of carbonyl (C=O) groups excluding carboxylic acids is 2. The van der Waals surface area contributed by atoms with Crippen LogP contribution in [0, 0.1) is 5.92 Å². The number of likely N-dealkylation sites (tertiary alicyclic amines) is 1. The van der Waals surface area contributed by atoms with Crippen LogP contribution < -0.4 is 5.56 Å². The smallest absolute Gasteiger partial charge is 0.311 e. The number of hydrogen-bond donors (Lipinski definition) is 1. The topological polar surface area (TPSA) is 92.4 Å². The summed E-state index contributed by atoms with van der Waals surface area (Å²) in [4.78, 5) is 43.7. The Morgan fingerprint density at radius 1 is 1.52 bits per heavy atom. The van der Waals surface area contributed by atoms with Gasteiger partial charge in [-0.3, -0.25) is 14.4 Å². The number of nitrogens with zero attached hydrogens (tertiary/aromatic N) is 2. The van der Waals surface area contributed by atoms with Crippen LogP contribution in [0.4, 0.5) is 0 Å². The Kier molecular flexibility index (Phi) is 6.20. The molecule has 1 atom stereocenters. The zero-order valence-corrected chi connectivity index (χ0v) is 14.1. The average molecular weight is 339 g/mol. The van der Waals surface area contributed by atoms with Crippen LogP contribution in [-0.4, -0.2) is 52.7 Å². The van der Waals surface area contributed by atoms with Crippen molar-refractivity contribution in [3.05, 3.63) is 22.1 Å². The van der Waals surface area contributed by atoms with Gasteiger partial charge in [-0.2, -0.15) is 0 Å². The predicted molar refractivity (Wildman–Crippen MR) is 86.3 cm³/mol. The van der Waals surface area contributed by atoms with Crippen molar-refractivity contribution in [2.75, 3.05) is 26.0 Å². The van der Waals surface area contributed by atoms with Gasteiger partial charge in [0.2, 0.25) is 5.91 Å². The third-order valence-corrected chi connectivity index (χ3v) is 4.53. The Bertz CT molecular complexity index is 631. The molecule has 1 saturated heterocycles. The molecule has 1 aliphatic rings. The molecule has 0 aliphatic carbocycles. The largest absolute Gasteiger partial charge is 0.469 e. The number of rotatable bonds is 5. The number of amides is 1. The fourth-order valence-corrected chi connectivity index (χ4v) is 3.30. The van der Waals surface area contributed by atoms with Gasteiger partial charge < -0.3 is 14.6 Å². The van der Waals surface area contributed by atoms with E-state index >= 15 is 0 Å². The van der Waals surface area contributed by atoms with E-state index < -0.39 is 5.97 Å². The highest BCUT2D eigenvalue weighted by molar-refractivity contribution is 7.99. The first-order valence-corrected chi connectivity index (χ1v) is 8.54. The van der Waals surface area contributed by atoms with Crippen LogP contribution in [0.2, 0.25) is 0 Å². The average Bonchev–Trinajstić information content (AvgIpc) is 2.52. The number of carbonyl (C=O) groups is 2. The molecule has 1 aliphatic heterocycles. The summed E-state index contributed by atoms with van der Waals surface area (Å²) >= 11 is 1.18. The summed E-state index contributed by atoms with van der Waals surface area (Å²) in [6.45, 7) is 3.71. The Balaban J connectivity index is 1.95. The second kappa shape index (κ2) is 8.14. The van der Waals surface area contributed by atoms with Crippen molar-refractivity contribution in [1.82, 2.24) is 14.9 Å². The third-order valence-electron chi connectivity index (χ3n) is 3.67. The van der Waals surface area contributed by atoms with E-state index in [0.29, 0.717) is 16.8 Å². The molecule has 7 nitrogen and oxygen atoms in total. The van der Waals surface area contributed by atoms with Gasteiger partial charge in [-0.25, -0.2) is 4.98 Å². The third kappa shape index (κ3) is 5.38. The Morgan fingerprint density at radius 2 is 2.30 bits per heavy atom. The second-order valence-corrected chi connectivity index (χ2v) is 6.63. The van der Waals surface area contributed by atoms with Gasteiger partial charge in [0.15, 0.2) is 5.16 Å². The first kappa shape index (κ1) is 17.5. The van der Waals surface area contributed by atoms with Crippen molar-refractivity contribution in [2.45, 2.75) is 31.3 Å². The molecular weight excluding hydrogens is 318 g/mol. The van der Waals surface area contributed by atoms with E-state index in [1.54, 1.807) is 0 Å². The molecule has 1 amide bonds. The molecule has 0 spiro atoms. The first-order chi connectivity index (χ1) is 11.0. The fraction of sp³-hybridized carbons (Fsp3) is 0.600. The molecule has 2 heterocycles. The van der Waals surface area contributed by atoms with E-state index in [0.717, 1.165) is 25.9 Å². The van der Waals surface area contributed by atoms with Gasteiger partial charge in [0, 0.05) is 19.2 Å². The number of aromatic nitrogens is 2. The molecule has 1 N–H and O–H groups in total. The number of piperidine rings is 1. The second-order valence-electron chi connectivity index (χ2n) is 5.67. The number of ether oxygens (including phenoxy) is 1. The van der Waals surface area contributed by atoms with Crippen LogP contribution >= 0.6 is 11.8 Å². The number of aromatic amines is 1. The fourth-order valence-electron chi connectivity index (χ4n) is 2.50. The van der Waals surface area contributed by atoms with Crippen molar-refractivity contribution in [3.63, 3.8) is 0 Å². The Morgan fingerprint density at radius 3 is 3.00 bits per heavy atom. The molecule has 0 bridgehead atoms. The summed E-state index contributed by atoms with van der Waals surface area (Å²) in [5.74, 6) is 0.330. The minimum absolute atomic E-state index is 0.0440. The summed E-state index contributed by atoms with van der Waals surface area (Å²) < 4.78 is 4.56. The van der Waals surface area contributed by atoms with Crippen molar-refractivity contribution < 1.29 is 14.3 Å². The van der Waals surface area contributed by atoms with Gasteiger partial charge in [0.25, 0.3) is 5.56 Å². The van der Waals surface area contributed by atoms with Crippen LogP contribution in [0.1, 0.15) is 25.5 Å². The predicted octanol–water partition coefficient (Wildman–Crippen LogP) is 0.836. The number of esters is 1. The molecule has 0 radical (unpaired) electrons. The lowest BCUT2D eigenvalue weighted by atomic mass is 10.0. The van der Waals surface area contributed by atoms with Crippen LogP contribution in [0.25, 0.3) is 0 Å². The van der Waals surface area contributed by atoms with Crippen LogP contribution in [-0.2, 0) is 20.7 Å². The van der Waals surface area contributed by atoms with Crippen LogP contribution in [0.15, 0.2) is 16.0 Å². The lowest BCUT2D eigenvalue weighted by molar-refractivity contribution is -0.139. The van der Waals surface area contributed by atoms with Gasteiger partial charge in [-0.1, -0.05) is 18.7 Å². The number of hydrogen-bond acceptors (Lipinski definition) is 6. The van der Waals surface area contributed by atoms with Crippen molar-refractivity contribution in [3.8, 4) is 0 Å².